The summed E-state index contributed by atoms with van der Waals surface area (Å²) in [7, 11) is -2.28. The maximum absolute atomic E-state index is 12.0. The first-order valence-electron chi connectivity index (χ1n) is 6.26. The van der Waals surface area contributed by atoms with Crippen LogP contribution in [-0.4, -0.2) is 38.5 Å². The zero-order valence-corrected chi connectivity index (χ0v) is 12.8. The van der Waals surface area contributed by atoms with Gasteiger partial charge in [0.15, 0.2) is 0 Å². The molecule has 0 bridgehead atoms. The summed E-state index contributed by atoms with van der Waals surface area (Å²) in [5.74, 6) is -1.95. The van der Waals surface area contributed by atoms with E-state index in [9.17, 15) is 18.0 Å². The first-order valence-corrected chi connectivity index (χ1v) is 7.74. The average Bonchev–Trinajstić information content (AvgIpc) is 2.43. The number of amides is 1. The van der Waals surface area contributed by atoms with E-state index in [0.717, 1.165) is 0 Å². The van der Waals surface area contributed by atoms with Gasteiger partial charge in [0, 0.05) is 5.56 Å². The van der Waals surface area contributed by atoms with Crippen LogP contribution in [0.25, 0.3) is 0 Å². The summed E-state index contributed by atoms with van der Waals surface area (Å²) in [4.78, 5) is 23.0. The molecule has 3 N–H and O–H groups in total. The molecule has 0 spiro atoms. The number of rotatable bonds is 6. The summed E-state index contributed by atoms with van der Waals surface area (Å²) in [5, 5.41) is 11.4. The fraction of sp³-hybridized carbons (Fsp3) is 0.385. The molecule has 0 heterocycles. The molecule has 1 atom stereocenters. The van der Waals surface area contributed by atoms with E-state index in [1.807, 2.05) is 0 Å². The van der Waals surface area contributed by atoms with Crippen LogP contribution in [0.4, 0.5) is 0 Å². The fourth-order valence-corrected chi connectivity index (χ4v) is 2.37. The Hall–Kier alpha value is -1.93. The number of nitrogens with one attached hydrogen (secondary N) is 2. The second kappa shape index (κ2) is 6.68. The Morgan fingerprint density at radius 2 is 1.67 bits per heavy atom. The van der Waals surface area contributed by atoms with Crippen molar-refractivity contribution in [3.63, 3.8) is 0 Å². The Labute approximate surface area is 123 Å². The predicted molar refractivity (Wildman–Crippen MR) is 76.4 cm³/mol. The van der Waals surface area contributed by atoms with Crippen LogP contribution in [0.5, 0.6) is 0 Å². The minimum absolute atomic E-state index is 0.0280. The molecule has 0 radical (unpaired) electrons. The molecule has 7 nitrogen and oxygen atoms in total. The van der Waals surface area contributed by atoms with Gasteiger partial charge in [-0.15, -0.1) is 0 Å². The van der Waals surface area contributed by atoms with Crippen molar-refractivity contribution in [2.45, 2.75) is 24.8 Å². The van der Waals surface area contributed by atoms with Crippen LogP contribution in [0.3, 0.4) is 0 Å². The van der Waals surface area contributed by atoms with Crippen molar-refractivity contribution in [1.29, 1.82) is 0 Å². The van der Waals surface area contributed by atoms with Crippen LogP contribution in [0.15, 0.2) is 29.2 Å². The Morgan fingerprint density at radius 3 is 2.05 bits per heavy atom. The lowest BCUT2D eigenvalue weighted by Gasteiger charge is -2.17. The van der Waals surface area contributed by atoms with Crippen LogP contribution in [0.2, 0.25) is 0 Å². The first kappa shape index (κ1) is 17.1. The summed E-state index contributed by atoms with van der Waals surface area (Å²) in [6.45, 7) is 3.36. The van der Waals surface area contributed by atoms with Crippen molar-refractivity contribution in [3.05, 3.63) is 29.8 Å². The molecular formula is C13H18N2O5S. The molecule has 1 aromatic rings. The number of aliphatic carboxylic acids is 1. The number of carbonyl (C=O) groups is 2. The van der Waals surface area contributed by atoms with Crippen LogP contribution >= 0.6 is 0 Å². The van der Waals surface area contributed by atoms with Gasteiger partial charge < -0.3 is 10.4 Å². The van der Waals surface area contributed by atoms with Gasteiger partial charge >= 0.3 is 5.97 Å². The van der Waals surface area contributed by atoms with Gasteiger partial charge in [-0.1, -0.05) is 13.8 Å². The molecular weight excluding hydrogens is 296 g/mol. The summed E-state index contributed by atoms with van der Waals surface area (Å²) in [6, 6.07) is 4.23. The molecule has 0 aliphatic carbocycles. The molecule has 116 valence electrons. The number of carboxylic acid groups (broad SMARTS) is 1. The van der Waals surface area contributed by atoms with Crippen molar-refractivity contribution in [3.8, 4) is 0 Å². The molecule has 1 amide bonds. The third kappa shape index (κ3) is 4.27. The molecule has 0 aliphatic rings. The van der Waals surface area contributed by atoms with Gasteiger partial charge in [0.05, 0.1) is 4.90 Å². The van der Waals surface area contributed by atoms with Crippen molar-refractivity contribution in [2.24, 2.45) is 5.92 Å². The highest BCUT2D eigenvalue weighted by Crippen LogP contribution is 2.11. The number of carbonyl (C=O) groups excluding carboxylic acids is 1. The Morgan fingerprint density at radius 1 is 1.14 bits per heavy atom. The van der Waals surface area contributed by atoms with E-state index in [1.165, 1.54) is 31.3 Å². The second-order valence-corrected chi connectivity index (χ2v) is 6.65. The number of hydrogen-bond donors (Lipinski definition) is 3. The quantitative estimate of drug-likeness (QED) is 0.705. The molecule has 8 heteroatoms. The van der Waals surface area contributed by atoms with E-state index < -0.39 is 27.9 Å². The van der Waals surface area contributed by atoms with E-state index in [4.69, 9.17) is 5.11 Å². The average molecular weight is 314 g/mol. The lowest BCUT2D eigenvalue weighted by atomic mass is 10.0. The van der Waals surface area contributed by atoms with E-state index in [-0.39, 0.29) is 16.4 Å². The summed E-state index contributed by atoms with van der Waals surface area (Å²) in [6.07, 6.45) is 0. The van der Waals surface area contributed by atoms with Crippen molar-refractivity contribution in [1.82, 2.24) is 10.0 Å². The monoisotopic (exact) mass is 314 g/mol. The van der Waals surface area contributed by atoms with Crippen LogP contribution < -0.4 is 10.0 Å². The Kier molecular flexibility index (Phi) is 5.45. The van der Waals surface area contributed by atoms with Crippen LogP contribution in [0.1, 0.15) is 24.2 Å². The lowest BCUT2D eigenvalue weighted by molar-refractivity contribution is -0.140. The number of benzene rings is 1. The topological polar surface area (TPSA) is 113 Å². The molecule has 1 aromatic carbocycles. The molecule has 1 rings (SSSR count). The molecule has 0 fully saturated rings. The highest BCUT2D eigenvalue weighted by Gasteiger charge is 2.24. The van der Waals surface area contributed by atoms with Gasteiger partial charge in [-0.05, 0) is 37.2 Å². The van der Waals surface area contributed by atoms with Crippen molar-refractivity contribution < 1.29 is 23.1 Å². The summed E-state index contributed by atoms with van der Waals surface area (Å²) < 4.78 is 25.3. The predicted octanol–water partition coefficient (Wildman–Crippen LogP) is 0.434. The molecule has 0 aliphatic heterocycles. The smallest absolute Gasteiger partial charge is 0.326 e. The minimum atomic E-state index is -3.57. The van der Waals surface area contributed by atoms with Gasteiger partial charge in [-0.25, -0.2) is 17.9 Å². The normalized spacial score (nSPS) is 13.0. The molecule has 0 unspecified atom stereocenters. The van der Waals surface area contributed by atoms with E-state index in [0.29, 0.717) is 0 Å². The standard InChI is InChI=1S/C13H18N2O5S/c1-8(2)11(13(17)18)15-12(16)9-4-6-10(7-5-9)21(19,20)14-3/h4-8,11,14H,1-3H3,(H,15,16)(H,17,18)/t11-/m0/s1. The molecule has 0 aromatic heterocycles. The van der Waals surface area contributed by atoms with Gasteiger partial charge in [-0.3, -0.25) is 4.79 Å². The second-order valence-electron chi connectivity index (χ2n) is 4.77. The third-order valence-electron chi connectivity index (χ3n) is 2.91. The van der Waals surface area contributed by atoms with Gasteiger partial charge in [0.2, 0.25) is 10.0 Å². The maximum Gasteiger partial charge on any atom is 0.326 e. The fourth-order valence-electron chi connectivity index (χ4n) is 1.64. The zero-order chi connectivity index (χ0) is 16.2. The van der Waals surface area contributed by atoms with Crippen LogP contribution in [-0.2, 0) is 14.8 Å². The molecule has 21 heavy (non-hydrogen) atoms. The summed E-state index contributed by atoms with van der Waals surface area (Å²) >= 11 is 0. The van der Waals surface area contributed by atoms with E-state index in [1.54, 1.807) is 13.8 Å². The van der Waals surface area contributed by atoms with Gasteiger partial charge in [-0.2, -0.15) is 0 Å². The largest absolute Gasteiger partial charge is 0.480 e. The van der Waals surface area contributed by atoms with E-state index in [2.05, 4.69) is 10.0 Å². The highest BCUT2D eigenvalue weighted by molar-refractivity contribution is 7.89. The first-order chi connectivity index (χ1) is 9.69. The van der Waals surface area contributed by atoms with E-state index >= 15 is 0 Å². The molecule has 0 saturated carbocycles. The minimum Gasteiger partial charge on any atom is -0.480 e. The number of carboxylic acids is 1. The Bertz CT molecular complexity index is 622. The summed E-state index contributed by atoms with van der Waals surface area (Å²) in [5.41, 5.74) is 0.192. The Balaban J connectivity index is 2.92. The lowest BCUT2D eigenvalue weighted by Crippen LogP contribution is -2.44. The SMILES string of the molecule is CNS(=O)(=O)c1ccc(C(=O)N[C@H](C(=O)O)C(C)C)cc1. The van der Waals surface area contributed by atoms with Crippen molar-refractivity contribution in [2.75, 3.05) is 7.05 Å². The van der Waals surface area contributed by atoms with Crippen LogP contribution in [0, 0.1) is 5.92 Å². The number of hydrogen-bond acceptors (Lipinski definition) is 4. The number of sulfonamides is 1. The third-order valence-corrected chi connectivity index (χ3v) is 4.35. The molecule has 0 saturated heterocycles. The van der Waals surface area contributed by atoms with Crippen molar-refractivity contribution >= 4 is 21.9 Å². The zero-order valence-electron chi connectivity index (χ0n) is 12.0. The van der Waals surface area contributed by atoms with Gasteiger partial charge in [0.25, 0.3) is 5.91 Å². The highest BCUT2D eigenvalue weighted by atomic mass is 32.2. The van der Waals surface area contributed by atoms with Gasteiger partial charge in [0.1, 0.15) is 6.04 Å². The maximum atomic E-state index is 12.0.